The van der Waals surface area contributed by atoms with Gasteiger partial charge in [-0.1, -0.05) is 66.2 Å². The number of rotatable bonds is 4. The number of amidine groups is 1. The number of nitrogens with zero attached hydrogens (tertiary/aromatic N) is 3. The molecule has 0 aliphatic carbocycles. The van der Waals surface area contributed by atoms with Gasteiger partial charge in [-0.25, -0.2) is 9.98 Å². The number of anilines is 1. The number of amides is 1. The number of aromatic nitrogens is 1. The van der Waals surface area contributed by atoms with Crippen LogP contribution in [0.3, 0.4) is 0 Å². The number of aryl methyl sites for hydroxylation is 2. The number of carbonyl (C=O) groups excluding carboxylic acids is 1. The number of hydrogen-bond acceptors (Lipinski definition) is 4. The summed E-state index contributed by atoms with van der Waals surface area (Å²) in [7, 11) is 0. The van der Waals surface area contributed by atoms with E-state index in [-0.39, 0.29) is 5.91 Å². The molecule has 2 heterocycles. The molecule has 0 spiro atoms. The molecule has 0 N–H and O–H groups in total. The second-order valence-corrected chi connectivity index (χ2v) is 9.95. The molecule has 0 atom stereocenters. The Bertz CT molecular complexity index is 1650. The molecular weight excluding hydrogens is 462 g/mol. The summed E-state index contributed by atoms with van der Waals surface area (Å²) in [6.07, 6.45) is 1.85. The smallest absolute Gasteiger partial charge is 0.266 e. The molecule has 6 rings (SSSR count). The largest absolute Gasteiger partial charge is 0.282 e. The minimum atomic E-state index is -0.141. The molecule has 5 aromatic rings. The monoisotopic (exact) mass is 485 g/mol. The molecule has 0 saturated carbocycles. The Labute approximate surface area is 213 Å². The third-order valence-corrected chi connectivity index (χ3v) is 7.26. The van der Waals surface area contributed by atoms with Crippen LogP contribution >= 0.6 is 11.3 Å². The topological polar surface area (TPSA) is 45.6 Å². The highest BCUT2D eigenvalue weighted by Gasteiger charge is 2.32. The SMILES string of the molecule is Cc1ccc(/C=C2\N=C(c3ccccc3)N(c3ccc(-c4nc5ccc(C)cc5s4)cc3)C2=O)cc1. The number of benzene rings is 4. The van der Waals surface area contributed by atoms with Crippen LogP contribution in [0.15, 0.2) is 108 Å². The second-order valence-electron chi connectivity index (χ2n) is 8.92. The summed E-state index contributed by atoms with van der Waals surface area (Å²) in [6, 6.07) is 32.2. The van der Waals surface area contributed by atoms with E-state index in [4.69, 9.17) is 9.98 Å². The van der Waals surface area contributed by atoms with Crippen LogP contribution in [0.2, 0.25) is 0 Å². The molecule has 4 aromatic carbocycles. The lowest BCUT2D eigenvalue weighted by atomic mass is 10.1. The van der Waals surface area contributed by atoms with Crippen molar-refractivity contribution in [1.29, 1.82) is 0 Å². The van der Waals surface area contributed by atoms with E-state index in [1.165, 1.54) is 15.8 Å². The van der Waals surface area contributed by atoms with Crippen LogP contribution in [-0.4, -0.2) is 16.7 Å². The molecule has 5 heteroatoms. The molecule has 4 nitrogen and oxygen atoms in total. The predicted octanol–water partition coefficient (Wildman–Crippen LogP) is 7.41. The zero-order valence-corrected chi connectivity index (χ0v) is 20.8. The Morgan fingerprint density at radius 2 is 1.50 bits per heavy atom. The molecule has 1 aliphatic heterocycles. The molecule has 36 heavy (non-hydrogen) atoms. The Balaban J connectivity index is 1.37. The van der Waals surface area contributed by atoms with Crippen molar-refractivity contribution in [2.45, 2.75) is 13.8 Å². The Morgan fingerprint density at radius 3 is 2.25 bits per heavy atom. The third-order valence-electron chi connectivity index (χ3n) is 6.19. The summed E-state index contributed by atoms with van der Waals surface area (Å²) in [4.78, 5) is 24.9. The van der Waals surface area contributed by atoms with E-state index in [1.807, 2.05) is 91.9 Å². The normalized spacial score (nSPS) is 14.6. The van der Waals surface area contributed by atoms with Gasteiger partial charge in [0.25, 0.3) is 5.91 Å². The zero-order chi connectivity index (χ0) is 24.6. The van der Waals surface area contributed by atoms with Crippen molar-refractivity contribution in [3.63, 3.8) is 0 Å². The minimum absolute atomic E-state index is 0.141. The average Bonchev–Trinajstić information content (AvgIpc) is 3.47. The first-order valence-corrected chi connectivity index (χ1v) is 12.6. The van der Waals surface area contributed by atoms with E-state index in [0.29, 0.717) is 11.5 Å². The van der Waals surface area contributed by atoms with E-state index >= 15 is 0 Å². The highest BCUT2D eigenvalue weighted by Crippen LogP contribution is 2.33. The first-order valence-electron chi connectivity index (χ1n) is 11.8. The predicted molar refractivity (Wildman–Crippen MR) is 149 cm³/mol. The number of carbonyl (C=O) groups is 1. The van der Waals surface area contributed by atoms with Crippen molar-refractivity contribution in [3.8, 4) is 10.6 Å². The van der Waals surface area contributed by atoms with Crippen molar-refractivity contribution in [1.82, 2.24) is 4.98 Å². The van der Waals surface area contributed by atoms with Crippen LogP contribution in [0.4, 0.5) is 5.69 Å². The first-order chi connectivity index (χ1) is 17.5. The summed E-state index contributed by atoms with van der Waals surface area (Å²) in [5.74, 6) is 0.486. The summed E-state index contributed by atoms with van der Waals surface area (Å²) in [5, 5.41) is 0.965. The van der Waals surface area contributed by atoms with Crippen LogP contribution in [-0.2, 0) is 4.79 Å². The van der Waals surface area contributed by atoms with Crippen molar-refractivity contribution < 1.29 is 4.79 Å². The van der Waals surface area contributed by atoms with Gasteiger partial charge in [0.15, 0.2) is 0 Å². The highest BCUT2D eigenvalue weighted by molar-refractivity contribution is 7.21. The van der Waals surface area contributed by atoms with Crippen molar-refractivity contribution in [2.75, 3.05) is 4.90 Å². The maximum absolute atomic E-state index is 13.6. The Hall–Kier alpha value is -4.35. The van der Waals surface area contributed by atoms with E-state index in [1.54, 1.807) is 16.2 Å². The minimum Gasteiger partial charge on any atom is -0.266 e. The van der Waals surface area contributed by atoms with Gasteiger partial charge in [0.1, 0.15) is 16.5 Å². The molecule has 1 amide bonds. The molecule has 0 bridgehead atoms. The third kappa shape index (κ3) is 4.14. The van der Waals surface area contributed by atoms with Crippen molar-refractivity contribution >= 4 is 45.1 Å². The van der Waals surface area contributed by atoms with E-state index < -0.39 is 0 Å². The van der Waals surface area contributed by atoms with Gasteiger partial charge in [0, 0.05) is 11.1 Å². The van der Waals surface area contributed by atoms with Crippen LogP contribution in [0.25, 0.3) is 26.9 Å². The number of aliphatic imine (C=N–C) groups is 1. The van der Waals surface area contributed by atoms with E-state index in [9.17, 15) is 4.79 Å². The van der Waals surface area contributed by atoms with Gasteiger partial charge in [-0.15, -0.1) is 11.3 Å². The fraction of sp³-hybridized carbons (Fsp3) is 0.0645. The molecule has 1 aliphatic rings. The lowest BCUT2D eigenvalue weighted by Gasteiger charge is -2.18. The molecular formula is C31H23N3OS. The standard InChI is InChI=1S/C31H23N3OS/c1-20-8-11-22(12-9-20)19-27-31(35)34(29(32-27)23-6-4-3-5-7-23)25-15-13-24(14-16-25)30-33-26-17-10-21(2)18-28(26)36-30/h3-19H,1-2H3/b27-19-. The van der Waals surface area contributed by atoms with Gasteiger partial charge in [-0.05, 0) is 67.4 Å². The lowest BCUT2D eigenvalue weighted by molar-refractivity contribution is -0.113. The van der Waals surface area contributed by atoms with Gasteiger partial charge < -0.3 is 0 Å². The summed E-state index contributed by atoms with van der Waals surface area (Å²) in [5.41, 5.74) is 7.46. The van der Waals surface area contributed by atoms with Crippen molar-refractivity contribution in [3.05, 3.63) is 125 Å². The van der Waals surface area contributed by atoms with Gasteiger partial charge in [-0.2, -0.15) is 0 Å². The van der Waals surface area contributed by atoms with Gasteiger partial charge in [0.2, 0.25) is 0 Å². The summed E-state index contributed by atoms with van der Waals surface area (Å²) < 4.78 is 1.17. The van der Waals surface area contributed by atoms with Crippen LogP contribution < -0.4 is 4.90 Å². The van der Waals surface area contributed by atoms with Crippen LogP contribution in [0, 0.1) is 13.8 Å². The highest BCUT2D eigenvalue weighted by atomic mass is 32.1. The van der Waals surface area contributed by atoms with Crippen molar-refractivity contribution in [2.24, 2.45) is 4.99 Å². The first kappa shape index (κ1) is 22.1. The van der Waals surface area contributed by atoms with Gasteiger partial charge in [0.05, 0.1) is 15.9 Å². The number of thiazole rings is 1. The molecule has 0 saturated heterocycles. The molecule has 0 unspecified atom stereocenters. The second kappa shape index (κ2) is 9.02. The Kier molecular flexibility index (Phi) is 5.55. The van der Waals surface area contributed by atoms with Gasteiger partial charge in [-0.3, -0.25) is 9.69 Å². The molecule has 0 radical (unpaired) electrons. The fourth-order valence-electron chi connectivity index (χ4n) is 4.27. The summed E-state index contributed by atoms with van der Waals surface area (Å²) >= 11 is 1.68. The maximum Gasteiger partial charge on any atom is 0.282 e. The fourth-order valence-corrected chi connectivity index (χ4v) is 5.34. The molecule has 1 aromatic heterocycles. The average molecular weight is 486 g/mol. The lowest BCUT2D eigenvalue weighted by Crippen LogP contribution is -2.32. The van der Waals surface area contributed by atoms with Crippen LogP contribution in [0.5, 0.6) is 0 Å². The Morgan fingerprint density at radius 1 is 0.778 bits per heavy atom. The zero-order valence-electron chi connectivity index (χ0n) is 20.0. The van der Waals surface area contributed by atoms with Crippen LogP contribution in [0.1, 0.15) is 22.3 Å². The van der Waals surface area contributed by atoms with E-state index in [2.05, 4.69) is 25.1 Å². The number of fused-ring (bicyclic) bond motifs is 1. The van der Waals surface area contributed by atoms with E-state index in [0.717, 1.165) is 32.9 Å². The maximum atomic E-state index is 13.6. The molecule has 0 fully saturated rings. The van der Waals surface area contributed by atoms with Gasteiger partial charge >= 0.3 is 0 Å². The number of hydrogen-bond donors (Lipinski definition) is 0. The molecule has 174 valence electrons. The summed E-state index contributed by atoms with van der Waals surface area (Å²) in [6.45, 7) is 4.14. The quantitative estimate of drug-likeness (QED) is 0.249.